The predicted octanol–water partition coefficient (Wildman–Crippen LogP) is 2.40. The highest BCUT2D eigenvalue weighted by molar-refractivity contribution is 7.99. The highest BCUT2D eigenvalue weighted by Crippen LogP contribution is 2.26. The van der Waals surface area contributed by atoms with E-state index in [1.54, 1.807) is 11.3 Å². The number of thiazole rings is 1. The second kappa shape index (κ2) is 5.01. The van der Waals surface area contributed by atoms with Gasteiger partial charge in [0, 0.05) is 18.0 Å². The molecule has 2 N–H and O–H groups in total. The molecule has 0 unspecified atom stereocenters. The lowest BCUT2D eigenvalue weighted by atomic mass is 10.3. The van der Waals surface area contributed by atoms with Crippen molar-refractivity contribution in [3.05, 3.63) is 17.3 Å². The van der Waals surface area contributed by atoms with E-state index in [0.717, 1.165) is 22.2 Å². The van der Waals surface area contributed by atoms with Gasteiger partial charge in [-0.05, 0) is 18.7 Å². The molecule has 2 aromatic rings. The lowest BCUT2D eigenvalue weighted by molar-refractivity contribution is 0.878. The van der Waals surface area contributed by atoms with E-state index in [9.17, 15) is 0 Å². The minimum atomic E-state index is 0.684. The average Bonchev–Trinajstić information content (AvgIpc) is 2.78. The predicted molar refractivity (Wildman–Crippen MR) is 66.8 cm³/mol. The molecule has 0 atom stereocenters. The minimum Gasteiger partial charge on any atom is -0.330 e. The zero-order valence-corrected chi connectivity index (χ0v) is 10.4. The first kappa shape index (κ1) is 11.0. The summed E-state index contributed by atoms with van der Waals surface area (Å²) in [7, 11) is 0. The number of hydrogen-bond donors (Lipinski definition) is 1. The van der Waals surface area contributed by atoms with Crippen molar-refractivity contribution in [2.75, 3.05) is 12.3 Å². The molecule has 2 rings (SSSR count). The van der Waals surface area contributed by atoms with Crippen LogP contribution in [0, 0.1) is 0 Å². The maximum atomic E-state index is 5.63. The Kier molecular flexibility index (Phi) is 3.66. The van der Waals surface area contributed by atoms with Crippen molar-refractivity contribution in [3.8, 4) is 0 Å². The van der Waals surface area contributed by atoms with Crippen LogP contribution in [0.1, 0.15) is 19.0 Å². The van der Waals surface area contributed by atoms with Crippen LogP contribution < -0.4 is 5.73 Å². The number of thioether (sulfide) groups is 1. The zero-order chi connectivity index (χ0) is 10.7. The molecule has 0 aromatic carbocycles. The van der Waals surface area contributed by atoms with Crippen LogP contribution in [0.25, 0.3) is 4.96 Å². The number of imidazole rings is 1. The third-order valence-corrected chi connectivity index (χ3v) is 4.12. The summed E-state index contributed by atoms with van der Waals surface area (Å²) < 4.78 is 2.16. The monoisotopic (exact) mass is 241 g/mol. The maximum absolute atomic E-state index is 5.63. The Bertz CT molecular complexity index is 433. The van der Waals surface area contributed by atoms with Crippen LogP contribution in [-0.4, -0.2) is 21.7 Å². The number of hydrogen-bond acceptors (Lipinski definition) is 4. The fourth-order valence-corrected chi connectivity index (χ4v) is 3.20. The summed E-state index contributed by atoms with van der Waals surface area (Å²) >= 11 is 3.52. The van der Waals surface area contributed by atoms with Gasteiger partial charge in [0.15, 0.2) is 4.96 Å². The molecule has 0 aliphatic carbocycles. The molecule has 0 spiro atoms. The highest BCUT2D eigenvalue weighted by Gasteiger charge is 2.11. The van der Waals surface area contributed by atoms with Crippen molar-refractivity contribution >= 4 is 28.1 Å². The maximum Gasteiger partial charge on any atom is 0.194 e. The molecule has 0 aliphatic heterocycles. The standard InChI is InChI=1S/C10H15N3S2/c1-2-6-14-9-8(3-4-11)13-5-7-15-10(13)12-9/h5,7H,2-4,6,11H2,1H3. The van der Waals surface area contributed by atoms with Gasteiger partial charge in [-0.25, -0.2) is 4.98 Å². The van der Waals surface area contributed by atoms with E-state index in [-0.39, 0.29) is 0 Å². The van der Waals surface area contributed by atoms with E-state index >= 15 is 0 Å². The van der Waals surface area contributed by atoms with Gasteiger partial charge in [0.1, 0.15) is 5.03 Å². The topological polar surface area (TPSA) is 43.3 Å². The van der Waals surface area contributed by atoms with Crippen molar-refractivity contribution in [1.82, 2.24) is 9.38 Å². The molecular weight excluding hydrogens is 226 g/mol. The molecule has 5 heteroatoms. The SMILES string of the molecule is CCCSc1nc2sccn2c1CCN. The molecule has 0 fully saturated rings. The van der Waals surface area contributed by atoms with Gasteiger partial charge in [-0.2, -0.15) is 0 Å². The summed E-state index contributed by atoms with van der Waals surface area (Å²) in [6.07, 6.45) is 4.16. The van der Waals surface area contributed by atoms with Gasteiger partial charge in [-0.3, -0.25) is 4.40 Å². The van der Waals surface area contributed by atoms with E-state index in [1.807, 2.05) is 11.8 Å². The normalized spacial score (nSPS) is 11.3. The summed E-state index contributed by atoms with van der Waals surface area (Å²) in [5.41, 5.74) is 6.90. The van der Waals surface area contributed by atoms with Crippen LogP contribution in [0.15, 0.2) is 16.6 Å². The Morgan fingerprint density at radius 2 is 2.47 bits per heavy atom. The molecular formula is C10H15N3S2. The van der Waals surface area contributed by atoms with E-state index in [1.165, 1.54) is 12.1 Å². The van der Waals surface area contributed by atoms with Gasteiger partial charge < -0.3 is 5.73 Å². The summed E-state index contributed by atoms with van der Waals surface area (Å²) in [5.74, 6) is 1.13. The first-order chi connectivity index (χ1) is 7.36. The Morgan fingerprint density at radius 1 is 1.60 bits per heavy atom. The summed E-state index contributed by atoms with van der Waals surface area (Å²) in [6, 6.07) is 0. The van der Waals surface area contributed by atoms with Gasteiger partial charge in [0.2, 0.25) is 0 Å². The van der Waals surface area contributed by atoms with E-state index in [4.69, 9.17) is 5.73 Å². The number of nitrogens with two attached hydrogens (primary N) is 1. The molecule has 82 valence electrons. The molecule has 2 aromatic heterocycles. The molecule has 0 amide bonds. The van der Waals surface area contributed by atoms with Crippen LogP contribution in [-0.2, 0) is 6.42 Å². The van der Waals surface area contributed by atoms with Gasteiger partial charge in [-0.1, -0.05) is 6.92 Å². The van der Waals surface area contributed by atoms with Crippen LogP contribution in [0.5, 0.6) is 0 Å². The van der Waals surface area contributed by atoms with Crippen molar-refractivity contribution < 1.29 is 0 Å². The minimum absolute atomic E-state index is 0.684. The van der Waals surface area contributed by atoms with Gasteiger partial charge in [0.05, 0.1) is 5.69 Å². The summed E-state index contributed by atoms with van der Waals surface area (Å²) in [6.45, 7) is 2.87. The van der Waals surface area contributed by atoms with E-state index < -0.39 is 0 Å². The highest BCUT2D eigenvalue weighted by atomic mass is 32.2. The van der Waals surface area contributed by atoms with Crippen LogP contribution in [0.3, 0.4) is 0 Å². The van der Waals surface area contributed by atoms with E-state index in [0.29, 0.717) is 6.54 Å². The van der Waals surface area contributed by atoms with Crippen molar-refractivity contribution in [3.63, 3.8) is 0 Å². The zero-order valence-electron chi connectivity index (χ0n) is 8.77. The van der Waals surface area contributed by atoms with Crippen molar-refractivity contribution in [2.24, 2.45) is 5.73 Å². The van der Waals surface area contributed by atoms with Crippen LogP contribution in [0.4, 0.5) is 0 Å². The molecule has 15 heavy (non-hydrogen) atoms. The third-order valence-electron chi connectivity index (χ3n) is 2.15. The van der Waals surface area contributed by atoms with Crippen LogP contribution in [0.2, 0.25) is 0 Å². The molecule has 0 saturated carbocycles. The Hall–Kier alpha value is -0.520. The second-order valence-electron chi connectivity index (χ2n) is 3.31. The fraction of sp³-hybridized carbons (Fsp3) is 0.500. The largest absolute Gasteiger partial charge is 0.330 e. The van der Waals surface area contributed by atoms with Crippen molar-refractivity contribution in [1.29, 1.82) is 0 Å². The fourth-order valence-electron chi connectivity index (χ4n) is 1.49. The number of aromatic nitrogens is 2. The lowest BCUT2D eigenvalue weighted by Gasteiger charge is -2.00. The quantitative estimate of drug-likeness (QED) is 0.817. The summed E-state index contributed by atoms with van der Waals surface area (Å²) in [4.78, 5) is 5.70. The van der Waals surface area contributed by atoms with Gasteiger partial charge in [-0.15, -0.1) is 23.1 Å². The Balaban J connectivity index is 2.33. The second-order valence-corrected chi connectivity index (χ2v) is 5.26. The van der Waals surface area contributed by atoms with Gasteiger partial charge >= 0.3 is 0 Å². The molecule has 3 nitrogen and oxygen atoms in total. The molecule has 0 saturated heterocycles. The smallest absolute Gasteiger partial charge is 0.194 e. The Morgan fingerprint density at radius 3 is 3.20 bits per heavy atom. The molecule has 0 aliphatic rings. The van der Waals surface area contributed by atoms with Crippen LogP contribution >= 0.6 is 23.1 Å². The summed E-state index contributed by atoms with van der Waals surface area (Å²) in [5, 5.41) is 3.23. The number of nitrogens with zero attached hydrogens (tertiary/aromatic N) is 2. The lowest BCUT2D eigenvalue weighted by Crippen LogP contribution is -2.05. The van der Waals surface area contributed by atoms with Gasteiger partial charge in [0.25, 0.3) is 0 Å². The first-order valence-electron chi connectivity index (χ1n) is 5.14. The third kappa shape index (κ3) is 2.19. The molecule has 0 bridgehead atoms. The average molecular weight is 241 g/mol. The Labute approximate surface area is 97.7 Å². The van der Waals surface area contributed by atoms with E-state index in [2.05, 4.69) is 27.9 Å². The number of rotatable bonds is 5. The first-order valence-corrected chi connectivity index (χ1v) is 7.00. The molecule has 0 radical (unpaired) electrons. The van der Waals surface area contributed by atoms with Crippen molar-refractivity contribution in [2.45, 2.75) is 24.8 Å². The number of fused-ring (bicyclic) bond motifs is 1. The molecule has 2 heterocycles.